The fourth-order valence-electron chi connectivity index (χ4n) is 2.34. The van der Waals surface area contributed by atoms with Gasteiger partial charge in [0.2, 0.25) is 0 Å². The Bertz CT molecular complexity index is 644. The van der Waals surface area contributed by atoms with E-state index in [-0.39, 0.29) is 19.1 Å². The summed E-state index contributed by atoms with van der Waals surface area (Å²) in [7, 11) is 0. The van der Waals surface area contributed by atoms with Crippen molar-refractivity contribution in [2.24, 2.45) is 0 Å². The summed E-state index contributed by atoms with van der Waals surface area (Å²) in [6, 6.07) is 15.3. The van der Waals surface area contributed by atoms with Gasteiger partial charge in [-0.25, -0.2) is 0 Å². The lowest BCUT2D eigenvalue weighted by molar-refractivity contribution is 0.0944. The van der Waals surface area contributed by atoms with Crippen molar-refractivity contribution in [3.8, 4) is 5.75 Å². The van der Waals surface area contributed by atoms with Crippen molar-refractivity contribution < 1.29 is 14.6 Å². The number of nitrogens with one attached hydrogen (secondary N) is 2. The molecule has 0 spiro atoms. The number of hydrogen-bond acceptors (Lipinski definition) is 4. The van der Waals surface area contributed by atoms with Gasteiger partial charge in [0.05, 0.1) is 13.2 Å². The quantitative estimate of drug-likeness (QED) is 0.619. The number of aliphatic hydroxyl groups is 1. The number of rotatable bonds is 9. The molecule has 0 aliphatic heterocycles. The fourth-order valence-corrected chi connectivity index (χ4v) is 2.34. The first kappa shape index (κ1) is 17.8. The second-order valence-electron chi connectivity index (χ2n) is 5.40. The third kappa shape index (κ3) is 5.28. The SMILES string of the molecule is Cc1c(NCCCOc2ccccc2)cccc1C(=O)NCCO. The molecule has 0 unspecified atom stereocenters. The number of anilines is 1. The maximum atomic E-state index is 12.0. The highest BCUT2D eigenvalue weighted by Crippen LogP contribution is 2.19. The predicted octanol–water partition coefficient (Wildman–Crippen LogP) is 2.60. The molecule has 5 heteroatoms. The maximum Gasteiger partial charge on any atom is 0.251 e. The molecule has 0 aliphatic carbocycles. The number of carbonyl (C=O) groups excluding carboxylic acids is 1. The summed E-state index contributed by atoms with van der Waals surface area (Å²) in [5, 5.41) is 14.8. The van der Waals surface area contributed by atoms with Crippen molar-refractivity contribution in [2.45, 2.75) is 13.3 Å². The minimum absolute atomic E-state index is 0.0653. The zero-order valence-corrected chi connectivity index (χ0v) is 13.9. The lowest BCUT2D eigenvalue weighted by atomic mass is 10.1. The number of benzene rings is 2. The van der Waals surface area contributed by atoms with Crippen molar-refractivity contribution >= 4 is 11.6 Å². The van der Waals surface area contributed by atoms with Crippen LogP contribution in [0.25, 0.3) is 0 Å². The van der Waals surface area contributed by atoms with Gasteiger partial charge in [0.15, 0.2) is 0 Å². The molecule has 3 N–H and O–H groups in total. The average Bonchev–Trinajstić information content (AvgIpc) is 2.61. The van der Waals surface area contributed by atoms with E-state index in [1.165, 1.54) is 0 Å². The molecule has 24 heavy (non-hydrogen) atoms. The van der Waals surface area contributed by atoms with Crippen LogP contribution in [-0.2, 0) is 0 Å². The molecule has 0 saturated carbocycles. The molecule has 0 bridgehead atoms. The van der Waals surface area contributed by atoms with Crippen LogP contribution in [-0.4, -0.2) is 37.3 Å². The molecular weight excluding hydrogens is 304 g/mol. The van der Waals surface area contributed by atoms with Crippen LogP contribution in [0.1, 0.15) is 22.3 Å². The largest absolute Gasteiger partial charge is 0.494 e. The standard InChI is InChI=1S/C19H24N2O3/c1-15-17(19(23)21-12-13-22)9-5-10-18(15)20-11-6-14-24-16-7-3-2-4-8-16/h2-5,7-10,20,22H,6,11-14H2,1H3,(H,21,23). The van der Waals surface area contributed by atoms with Gasteiger partial charge in [-0.05, 0) is 43.2 Å². The Labute approximate surface area is 142 Å². The van der Waals surface area contributed by atoms with Gasteiger partial charge < -0.3 is 20.5 Å². The van der Waals surface area contributed by atoms with E-state index < -0.39 is 0 Å². The van der Waals surface area contributed by atoms with Crippen molar-refractivity contribution in [1.82, 2.24) is 5.32 Å². The van der Waals surface area contributed by atoms with Crippen molar-refractivity contribution in [1.29, 1.82) is 0 Å². The van der Waals surface area contributed by atoms with Gasteiger partial charge in [-0.3, -0.25) is 4.79 Å². The summed E-state index contributed by atoms with van der Waals surface area (Å²) in [6.07, 6.45) is 0.856. The second-order valence-corrected chi connectivity index (χ2v) is 5.40. The molecule has 5 nitrogen and oxygen atoms in total. The monoisotopic (exact) mass is 328 g/mol. The Balaban J connectivity index is 1.81. The molecule has 2 aromatic rings. The lowest BCUT2D eigenvalue weighted by Crippen LogP contribution is -2.27. The van der Waals surface area contributed by atoms with Gasteiger partial charge in [0.1, 0.15) is 5.75 Å². The molecule has 2 rings (SSSR count). The molecule has 0 atom stereocenters. The van der Waals surface area contributed by atoms with Crippen LogP contribution < -0.4 is 15.4 Å². The van der Waals surface area contributed by atoms with Crippen molar-refractivity contribution in [2.75, 3.05) is 31.6 Å². The van der Waals surface area contributed by atoms with E-state index in [2.05, 4.69) is 10.6 Å². The van der Waals surface area contributed by atoms with Gasteiger partial charge >= 0.3 is 0 Å². The highest BCUT2D eigenvalue weighted by atomic mass is 16.5. The van der Waals surface area contributed by atoms with Crippen LogP contribution in [0.5, 0.6) is 5.75 Å². The van der Waals surface area contributed by atoms with E-state index in [4.69, 9.17) is 9.84 Å². The van der Waals surface area contributed by atoms with Gasteiger partial charge in [0.25, 0.3) is 5.91 Å². The Kier molecular flexibility index (Phi) is 7.11. The van der Waals surface area contributed by atoms with E-state index in [0.29, 0.717) is 12.2 Å². The number of carbonyl (C=O) groups is 1. The summed E-state index contributed by atoms with van der Waals surface area (Å²) in [5.41, 5.74) is 2.46. The van der Waals surface area contributed by atoms with Crippen LogP contribution >= 0.6 is 0 Å². The van der Waals surface area contributed by atoms with E-state index in [1.54, 1.807) is 6.07 Å². The number of para-hydroxylation sites is 1. The Morgan fingerprint density at radius 1 is 1.08 bits per heavy atom. The lowest BCUT2D eigenvalue weighted by Gasteiger charge is -2.13. The first-order chi connectivity index (χ1) is 11.7. The Hall–Kier alpha value is -2.53. The van der Waals surface area contributed by atoms with E-state index >= 15 is 0 Å². The molecule has 0 radical (unpaired) electrons. The van der Waals surface area contributed by atoms with E-state index in [0.717, 1.165) is 30.0 Å². The van der Waals surface area contributed by atoms with Crippen LogP contribution in [0.3, 0.4) is 0 Å². The van der Waals surface area contributed by atoms with E-state index in [9.17, 15) is 4.79 Å². The van der Waals surface area contributed by atoms with Gasteiger partial charge in [-0.15, -0.1) is 0 Å². The molecule has 0 saturated heterocycles. The third-order valence-corrected chi connectivity index (χ3v) is 3.62. The molecule has 0 aromatic heterocycles. The summed E-state index contributed by atoms with van der Waals surface area (Å²) >= 11 is 0. The highest BCUT2D eigenvalue weighted by Gasteiger charge is 2.10. The Morgan fingerprint density at radius 3 is 2.62 bits per heavy atom. The number of hydrogen-bond donors (Lipinski definition) is 3. The van der Waals surface area contributed by atoms with Crippen molar-refractivity contribution in [3.63, 3.8) is 0 Å². The number of amides is 1. The maximum absolute atomic E-state index is 12.0. The van der Waals surface area contributed by atoms with Gasteiger partial charge in [-0.2, -0.15) is 0 Å². The second kappa shape index (κ2) is 9.57. The topological polar surface area (TPSA) is 70.6 Å². The van der Waals surface area contributed by atoms with E-state index in [1.807, 2.05) is 49.4 Å². The normalized spacial score (nSPS) is 10.2. The molecule has 0 fully saturated rings. The highest BCUT2D eigenvalue weighted by molar-refractivity contribution is 5.97. The minimum atomic E-state index is -0.169. The summed E-state index contributed by atoms with van der Waals surface area (Å²) in [6.45, 7) is 3.50. The summed E-state index contributed by atoms with van der Waals surface area (Å²) in [4.78, 5) is 12.0. The van der Waals surface area contributed by atoms with Gasteiger partial charge in [0, 0.05) is 24.3 Å². The molecule has 2 aromatic carbocycles. The molecule has 1 amide bonds. The van der Waals surface area contributed by atoms with Crippen LogP contribution in [0, 0.1) is 6.92 Å². The van der Waals surface area contributed by atoms with Crippen molar-refractivity contribution in [3.05, 3.63) is 59.7 Å². The fraction of sp³-hybridized carbons (Fsp3) is 0.316. The molecule has 0 heterocycles. The zero-order chi connectivity index (χ0) is 17.2. The molecular formula is C19H24N2O3. The zero-order valence-electron chi connectivity index (χ0n) is 13.9. The molecule has 128 valence electrons. The molecule has 0 aliphatic rings. The smallest absolute Gasteiger partial charge is 0.251 e. The third-order valence-electron chi connectivity index (χ3n) is 3.62. The summed E-state index contributed by atoms with van der Waals surface area (Å²) in [5.74, 6) is 0.703. The number of ether oxygens (including phenoxy) is 1. The number of aliphatic hydroxyl groups excluding tert-OH is 1. The first-order valence-corrected chi connectivity index (χ1v) is 8.12. The van der Waals surface area contributed by atoms with Gasteiger partial charge in [-0.1, -0.05) is 24.3 Å². The van der Waals surface area contributed by atoms with Crippen LogP contribution in [0.15, 0.2) is 48.5 Å². The summed E-state index contributed by atoms with van der Waals surface area (Å²) < 4.78 is 5.65. The average molecular weight is 328 g/mol. The predicted molar refractivity (Wildman–Crippen MR) is 95.6 cm³/mol. The van der Waals surface area contributed by atoms with Crippen LogP contribution in [0.4, 0.5) is 5.69 Å². The minimum Gasteiger partial charge on any atom is -0.494 e. The first-order valence-electron chi connectivity index (χ1n) is 8.12. The Morgan fingerprint density at radius 2 is 1.88 bits per heavy atom. The van der Waals surface area contributed by atoms with Crippen LogP contribution in [0.2, 0.25) is 0 Å².